The number of rotatable bonds is 3. The molecule has 0 bridgehead atoms. The number of allylic oxidation sites excluding steroid dienone is 3. The third-order valence-electron chi connectivity index (χ3n) is 11.0. The van der Waals surface area contributed by atoms with E-state index in [9.17, 15) is 0 Å². The van der Waals surface area contributed by atoms with Gasteiger partial charge >= 0.3 is 0 Å². The van der Waals surface area contributed by atoms with E-state index in [-0.39, 0.29) is 0 Å². The smallest absolute Gasteiger partial charge is 0.0547 e. The molecule has 8 aromatic rings. The van der Waals surface area contributed by atoms with Crippen molar-refractivity contribution < 1.29 is 0 Å². The molecule has 0 saturated carbocycles. The van der Waals surface area contributed by atoms with Gasteiger partial charge in [0.15, 0.2) is 0 Å². The van der Waals surface area contributed by atoms with Gasteiger partial charge in [-0.15, -0.1) is 0 Å². The molecule has 0 fully saturated rings. The Morgan fingerprint density at radius 1 is 0.451 bits per heavy atom. The lowest BCUT2D eigenvalue weighted by molar-refractivity contribution is 0.645. The molecule has 0 saturated heterocycles. The van der Waals surface area contributed by atoms with Crippen LogP contribution in [0, 0.1) is 0 Å². The van der Waals surface area contributed by atoms with Crippen molar-refractivity contribution in [1.29, 1.82) is 0 Å². The fourth-order valence-corrected chi connectivity index (χ4v) is 8.89. The summed E-state index contributed by atoms with van der Waals surface area (Å²) in [6.07, 6.45) is 9.93. The Labute approximate surface area is 298 Å². The Bertz CT molecular complexity index is 2640. The summed E-state index contributed by atoms with van der Waals surface area (Å²) in [7, 11) is 0. The van der Waals surface area contributed by atoms with Crippen molar-refractivity contribution in [2.45, 2.75) is 11.8 Å². The summed E-state index contributed by atoms with van der Waals surface area (Å²) in [6.45, 7) is 0.776. The van der Waals surface area contributed by atoms with E-state index in [0.29, 0.717) is 0 Å². The average molecular weight is 653 g/mol. The van der Waals surface area contributed by atoms with Gasteiger partial charge in [-0.2, -0.15) is 0 Å². The predicted octanol–water partition coefficient (Wildman–Crippen LogP) is 12.4. The second-order valence-corrected chi connectivity index (χ2v) is 13.6. The van der Waals surface area contributed by atoms with Gasteiger partial charge in [0.2, 0.25) is 0 Å². The molecule has 0 N–H and O–H groups in total. The van der Waals surface area contributed by atoms with Gasteiger partial charge in [-0.1, -0.05) is 152 Å². The Morgan fingerprint density at radius 3 is 1.96 bits per heavy atom. The molecule has 1 spiro atoms. The molecular formula is C49H36N2. The minimum atomic E-state index is -0.422. The zero-order valence-electron chi connectivity index (χ0n) is 28.3. The minimum absolute atomic E-state index is 0.422. The molecule has 0 amide bonds. The molecule has 1 aromatic heterocycles. The lowest BCUT2D eigenvalue weighted by Crippen LogP contribution is -2.31. The van der Waals surface area contributed by atoms with Crippen LogP contribution in [0.15, 0.2) is 194 Å². The van der Waals surface area contributed by atoms with Crippen LogP contribution in [0.2, 0.25) is 0 Å². The summed E-state index contributed by atoms with van der Waals surface area (Å²) in [5, 5.41) is 2.53. The van der Waals surface area contributed by atoms with Crippen molar-refractivity contribution in [3.8, 4) is 27.9 Å². The number of hydrogen-bond acceptors (Lipinski definition) is 1. The third kappa shape index (κ3) is 4.50. The predicted molar refractivity (Wildman–Crippen MR) is 214 cm³/mol. The first-order valence-electron chi connectivity index (χ1n) is 17.9. The number of benzene rings is 7. The Morgan fingerprint density at radius 2 is 1.10 bits per heavy atom. The Kier molecular flexibility index (Phi) is 6.89. The number of fused-ring (bicyclic) bond motifs is 10. The summed E-state index contributed by atoms with van der Waals surface area (Å²) in [4.78, 5) is 2.47. The van der Waals surface area contributed by atoms with Gasteiger partial charge in [0.05, 0.1) is 16.4 Å². The molecule has 10 rings (SSSR count). The highest BCUT2D eigenvalue weighted by Gasteiger charge is 2.47. The lowest BCUT2D eigenvalue weighted by Gasteiger charge is -2.38. The Balaban J connectivity index is 1.28. The molecule has 2 nitrogen and oxygen atoms in total. The molecule has 2 heterocycles. The zero-order valence-corrected chi connectivity index (χ0v) is 28.3. The molecule has 1 aliphatic carbocycles. The maximum absolute atomic E-state index is 2.47. The molecule has 242 valence electrons. The van der Waals surface area contributed by atoms with Crippen LogP contribution >= 0.6 is 0 Å². The topological polar surface area (TPSA) is 8.17 Å². The van der Waals surface area contributed by atoms with E-state index in [1.165, 1.54) is 77.8 Å². The molecular weight excluding hydrogens is 617 g/mol. The summed E-state index contributed by atoms with van der Waals surface area (Å²) < 4.78 is 2.42. The molecule has 1 unspecified atom stereocenters. The zero-order chi connectivity index (χ0) is 33.8. The van der Waals surface area contributed by atoms with Crippen LogP contribution in [0.25, 0.3) is 49.7 Å². The monoisotopic (exact) mass is 652 g/mol. The van der Waals surface area contributed by atoms with Crippen molar-refractivity contribution in [3.05, 3.63) is 211 Å². The van der Waals surface area contributed by atoms with E-state index < -0.39 is 5.41 Å². The van der Waals surface area contributed by atoms with Crippen molar-refractivity contribution in [1.82, 2.24) is 4.57 Å². The van der Waals surface area contributed by atoms with E-state index in [4.69, 9.17) is 0 Å². The van der Waals surface area contributed by atoms with Crippen LogP contribution in [0.1, 0.15) is 23.1 Å². The highest BCUT2D eigenvalue weighted by atomic mass is 15.1. The quantitative estimate of drug-likeness (QED) is 0.184. The van der Waals surface area contributed by atoms with Gasteiger partial charge in [-0.3, -0.25) is 0 Å². The van der Waals surface area contributed by atoms with E-state index in [1.54, 1.807) is 0 Å². The highest BCUT2D eigenvalue weighted by molar-refractivity contribution is 6.10. The first-order valence-corrected chi connectivity index (χ1v) is 17.9. The van der Waals surface area contributed by atoms with Crippen LogP contribution in [-0.2, 0) is 5.41 Å². The maximum atomic E-state index is 2.47. The van der Waals surface area contributed by atoms with Gasteiger partial charge in [0.25, 0.3) is 0 Å². The summed E-state index contributed by atoms with van der Waals surface area (Å²) >= 11 is 0. The van der Waals surface area contributed by atoms with Crippen molar-refractivity contribution in [3.63, 3.8) is 0 Å². The van der Waals surface area contributed by atoms with Crippen LogP contribution in [0.4, 0.5) is 11.4 Å². The normalized spacial score (nSPS) is 16.4. The fourth-order valence-electron chi connectivity index (χ4n) is 8.89. The summed E-state index contributed by atoms with van der Waals surface area (Å²) in [5.41, 5.74) is 14.8. The van der Waals surface area contributed by atoms with Gasteiger partial charge in [-0.05, 0) is 87.8 Å². The van der Waals surface area contributed by atoms with Crippen molar-refractivity contribution in [2.75, 3.05) is 11.4 Å². The fraction of sp³-hybridized carbons (Fsp3) is 0.0612. The van der Waals surface area contributed by atoms with Gasteiger partial charge < -0.3 is 9.47 Å². The van der Waals surface area contributed by atoms with Gasteiger partial charge in [-0.25, -0.2) is 0 Å². The number of anilines is 2. The first-order chi connectivity index (χ1) is 25.3. The molecule has 2 heteroatoms. The maximum Gasteiger partial charge on any atom is 0.0547 e. The molecule has 2 aliphatic rings. The van der Waals surface area contributed by atoms with E-state index in [1.807, 2.05) is 0 Å². The van der Waals surface area contributed by atoms with Crippen LogP contribution < -0.4 is 4.90 Å². The Hall–Kier alpha value is -6.38. The summed E-state index contributed by atoms with van der Waals surface area (Å²) in [6, 6.07) is 62.6. The third-order valence-corrected chi connectivity index (χ3v) is 11.0. The summed E-state index contributed by atoms with van der Waals surface area (Å²) in [5.74, 6) is 0. The number of nitrogens with zero attached hydrogens (tertiary/aromatic N) is 2. The largest absolute Gasteiger partial charge is 0.337 e. The molecule has 1 aliphatic heterocycles. The molecule has 1 atom stereocenters. The second kappa shape index (κ2) is 11.9. The van der Waals surface area contributed by atoms with Crippen molar-refractivity contribution in [2.24, 2.45) is 0 Å². The lowest BCUT2D eigenvalue weighted by atomic mass is 9.67. The van der Waals surface area contributed by atoms with E-state index in [2.05, 4.69) is 204 Å². The highest BCUT2D eigenvalue weighted by Crippen LogP contribution is 2.59. The van der Waals surface area contributed by atoms with E-state index >= 15 is 0 Å². The number of hydrogen-bond donors (Lipinski definition) is 0. The van der Waals surface area contributed by atoms with E-state index in [0.717, 1.165) is 13.0 Å². The molecule has 7 aromatic carbocycles. The number of para-hydroxylation sites is 4. The van der Waals surface area contributed by atoms with Gasteiger partial charge in [0, 0.05) is 34.4 Å². The van der Waals surface area contributed by atoms with Crippen LogP contribution in [0.5, 0.6) is 0 Å². The minimum Gasteiger partial charge on any atom is -0.337 e. The van der Waals surface area contributed by atoms with Crippen molar-refractivity contribution >= 4 is 33.2 Å². The SMILES string of the molecule is C1=CCN(c2ccccc2)c2ccccc2C2(CC=C1)c1ccccc1-c1cccc(-c3ccc4c5ccccc5n(-c5ccccc5)c4c3)c12. The van der Waals surface area contributed by atoms with Crippen LogP contribution in [0.3, 0.4) is 0 Å². The van der Waals surface area contributed by atoms with Crippen LogP contribution in [-0.4, -0.2) is 11.1 Å². The molecule has 51 heavy (non-hydrogen) atoms. The van der Waals surface area contributed by atoms with Gasteiger partial charge in [0.1, 0.15) is 0 Å². The first kappa shape index (κ1) is 29.5. The standard InChI is InChI=1S/C49H36N2/c1-2-16-33-50(36-18-5-3-6-19-36)46-29-14-12-27-44(46)49(32-15-1)43-26-11-9-22-39(43)42-25-17-24-38(48(42)49)35-30-31-41-40-23-10-13-28-45(40)51(47(41)34-35)37-20-7-4-8-21-37/h1-31,34H,32-33H2. The molecule has 0 radical (unpaired) electrons. The second-order valence-electron chi connectivity index (χ2n) is 13.6. The number of aromatic nitrogens is 1. The average Bonchev–Trinajstić information content (AvgIpc) is 3.69.